The van der Waals surface area contributed by atoms with Gasteiger partial charge in [0.25, 0.3) is 0 Å². The lowest BCUT2D eigenvalue weighted by atomic mass is 10.2. The normalized spacial score (nSPS) is 11.1. The third-order valence-corrected chi connectivity index (χ3v) is 4.42. The fourth-order valence-corrected chi connectivity index (χ4v) is 3.15. The van der Waals surface area contributed by atoms with Crippen molar-refractivity contribution in [1.29, 1.82) is 0 Å². The Morgan fingerprint density at radius 3 is 2.52 bits per heavy atom. The summed E-state index contributed by atoms with van der Waals surface area (Å²) in [5.74, 6) is 1.19. The second kappa shape index (κ2) is 10.3. The van der Waals surface area contributed by atoms with Gasteiger partial charge in [0.15, 0.2) is 5.96 Å². The summed E-state index contributed by atoms with van der Waals surface area (Å²) in [6.45, 7) is 4.44. The molecule has 0 saturated carbocycles. The summed E-state index contributed by atoms with van der Waals surface area (Å²) in [5, 5.41) is 6.08. The number of rotatable bonds is 6. The van der Waals surface area contributed by atoms with Crippen molar-refractivity contribution in [3.8, 4) is 16.3 Å². The highest BCUT2D eigenvalue weighted by Gasteiger charge is 2.04. The predicted octanol–water partition coefficient (Wildman–Crippen LogP) is 5.14. The Kier molecular flexibility index (Phi) is 8.05. The molecule has 0 radical (unpaired) electrons. The molecule has 0 saturated heterocycles. The van der Waals surface area contributed by atoms with Gasteiger partial charge in [0.1, 0.15) is 10.8 Å². The molecule has 7 heteroatoms. The van der Waals surface area contributed by atoms with E-state index in [9.17, 15) is 0 Å². The highest BCUT2D eigenvalue weighted by Crippen LogP contribution is 2.23. The minimum atomic E-state index is 0. The van der Waals surface area contributed by atoms with Crippen molar-refractivity contribution in [1.82, 2.24) is 4.98 Å². The maximum atomic E-state index is 5.97. The molecule has 0 bridgehead atoms. The van der Waals surface area contributed by atoms with Gasteiger partial charge < -0.3 is 15.8 Å². The molecule has 27 heavy (non-hydrogen) atoms. The Hall–Kier alpha value is -2.13. The fourth-order valence-electron chi connectivity index (χ4n) is 2.34. The second-order valence-electron chi connectivity index (χ2n) is 6.03. The second-order valence-corrected chi connectivity index (χ2v) is 6.89. The summed E-state index contributed by atoms with van der Waals surface area (Å²) in [5.41, 5.74) is 8.86. The lowest BCUT2D eigenvalue weighted by Gasteiger charge is -2.10. The zero-order valence-electron chi connectivity index (χ0n) is 15.3. The molecule has 3 rings (SSSR count). The summed E-state index contributed by atoms with van der Waals surface area (Å²) >= 11 is 1.61. The molecule has 0 atom stereocenters. The van der Waals surface area contributed by atoms with E-state index >= 15 is 0 Å². The first kappa shape index (κ1) is 21.2. The summed E-state index contributed by atoms with van der Waals surface area (Å²) in [4.78, 5) is 8.97. The molecule has 5 nitrogen and oxygen atoms in total. The molecule has 0 aliphatic carbocycles. The maximum absolute atomic E-state index is 5.97. The number of anilines is 1. The van der Waals surface area contributed by atoms with E-state index in [1.807, 2.05) is 61.7 Å². The third-order valence-electron chi connectivity index (χ3n) is 3.48. The summed E-state index contributed by atoms with van der Waals surface area (Å²) in [7, 11) is 0. The Morgan fingerprint density at radius 1 is 1.15 bits per heavy atom. The van der Waals surface area contributed by atoms with Gasteiger partial charge in [0, 0.05) is 16.6 Å². The van der Waals surface area contributed by atoms with Gasteiger partial charge in [-0.1, -0.05) is 30.3 Å². The van der Waals surface area contributed by atoms with E-state index in [4.69, 9.17) is 10.5 Å². The lowest BCUT2D eigenvalue weighted by molar-refractivity contribution is 0.242. The standard InChI is InChI=1S/C20H22N4OS.HI/c1-14(2)25-18-10-8-16(9-11-18)24-20(21)22-12-17-13-26-19(23-17)15-6-4-3-5-7-15;/h3-11,13-14H,12H2,1-2H3,(H3,21,22,24);1H. The van der Waals surface area contributed by atoms with Gasteiger partial charge in [0.05, 0.1) is 18.3 Å². The van der Waals surface area contributed by atoms with Gasteiger partial charge in [-0.3, -0.25) is 0 Å². The van der Waals surface area contributed by atoms with Crippen LogP contribution < -0.4 is 15.8 Å². The molecule has 0 aliphatic heterocycles. The fraction of sp³-hybridized carbons (Fsp3) is 0.200. The van der Waals surface area contributed by atoms with E-state index in [2.05, 4.69) is 27.4 Å². The number of thiazole rings is 1. The van der Waals surface area contributed by atoms with Crippen LogP contribution in [0.2, 0.25) is 0 Å². The van der Waals surface area contributed by atoms with Crippen LogP contribution in [0.25, 0.3) is 10.6 Å². The van der Waals surface area contributed by atoms with Crippen molar-refractivity contribution in [2.24, 2.45) is 10.7 Å². The first-order chi connectivity index (χ1) is 12.6. The molecule has 1 heterocycles. The summed E-state index contributed by atoms with van der Waals surface area (Å²) in [6.07, 6.45) is 0.152. The quantitative estimate of drug-likeness (QED) is 0.283. The van der Waals surface area contributed by atoms with E-state index in [1.54, 1.807) is 11.3 Å². The van der Waals surface area contributed by atoms with Crippen LogP contribution in [-0.4, -0.2) is 17.0 Å². The van der Waals surface area contributed by atoms with Gasteiger partial charge >= 0.3 is 0 Å². The van der Waals surface area contributed by atoms with Crippen molar-refractivity contribution in [2.75, 3.05) is 5.32 Å². The van der Waals surface area contributed by atoms with Crippen molar-refractivity contribution < 1.29 is 4.74 Å². The molecule has 142 valence electrons. The largest absolute Gasteiger partial charge is 0.491 e. The minimum Gasteiger partial charge on any atom is -0.491 e. The average Bonchev–Trinajstić information content (AvgIpc) is 3.11. The molecular weight excluding hydrogens is 471 g/mol. The van der Waals surface area contributed by atoms with Crippen LogP contribution >= 0.6 is 35.3 Å². The molecule has 0 unspecified atom stereocenters. The minimum absolute atomic E-state index is 0. The number of guanidine groups is 1. The average molecular weight is 494 g/mol. The number of halogens is 1. The van der Waals surface area contributed by atoms with Crippen LogP contribution in [-0.2, 0) is 6.54 Å². The number of nitrogens with two attached hydrogens (primary N) is 1. The molecule has 0 spiro atoms. The topological polar surface area (TPSA) is 72.5 Å². The number of hydrogen-bond donors (Lipinski definition) is 2. The van der Waals surface area contributed by atoms with Crippen LogP contribution in [0.4, 0.5) is 5.69 Å². The zero-order valence-corrected chi connectivity index (χ0v) is 18.4. The highest BCUT2D eigenvalue weighted by atomic mass is 127. The lowest BCUT2D eigenvalue weighted by Crippen LogP contribution is -2.22. The molecule has 2 aromatic carbocycles. The molecule has 1 aromatic heterocycles. The number of hydrogen-bond acceptors (Lipinski definition) is 4. The molecule has 0 amide bonds. The van der Waals surface area contributed by atoms with E-state index in [-0.39, 0.29) is 30.1 Å². The Balaban J connectivity index is 0.00000261. The van der Waals surface area contributed by atoms with Gasteiger partial charge in [-0.25, -0.2) is 9.98 Å². The molecule has 3 N–H and O–H groups in total. The third kappa shape index (κ3) is 6.51. The number of benzene rings is 2. The maximum Gasteiger partial charge on any atom is 0.193 e. The monoisotopic (exact) mass is 494 g/mol. The SMILES string of the molecule is CC(C)Oc1ccc(NC(N)=NCc2csc(-c3ccccc3)n2)cc1.I. The number of aliphatic imine (C=N–C) groups is 1. The Morgan fingerprint density at radius 2 is 1.85 bits per heavy atom. The van der Waals surface area contributed by atoms with Gasteiger partial charge in [-0.15, -0.1) is 35.3 Å². The van der Waals surface area contributed by atoms with Crippen LogP contribution in [0.5, 0.6) is 5.75 Å². The van der Waals surface area contributed by atoms with Crippen LogP contribution in [0.1, 0.15) is 19.5 Å². The molecular formula is C20H23IN4OS. The summed E-state index contributed by atoms with van der Waals surface area (Å²) in [6, 6.07) is 17.7. The van der Waals surface area contributed by atoms with Crippen molar-refractivity contribution in [3.05, 3.63) is 65.7 Å². The number of ether oxygens (including phenoxy) is 1. The zero-order chi connectivity index (χ0) is 18.4. The van der Waals surface area contributed by atoms with Crippen LogP contribution in [0, 0.1) is 0 Å². The predicted molar refractivity (Wildman–Crippen MR) is 124 cm³/mol. The van der Waals surface area contributed by atoms with Gasteiger partial charge in [-0.2, -0.15) is 0 Å². The Bertz CT molecular complexity index is 863. The Labute approximate surface area is 180 Å². The van der Waals surface area contributed by atoms with Crippen LogP contribution in [0.15, 0.2) is 65.0 Å². The summed E-state index contributed by atoms with van der Waals surface area (Å²) < 4.78 is 5.62. The number of aromatic nitrogens is 1. The van der Waals surface area contributed by atoms with E-state index < -0.39 is 0 Å². The van der Waals surface area contributed by atoms with Crippen molar-refractivity contribution >= 4 is 47.0 Å². The van der Waals surface area contributed by atoms with Crippen molar-refractivity contribution in [3.63, 3.8) is 0 Å². The van der Waals surface area contributed by atoms with E-state index in [0.29, 0.717) is 12.5 Å². The smallest absolute Gasteiger partial charge is 0.193 e. The molecule has 0 fully saturated rings. The van der Waals surface area contributed by atoms with Crippen LogP contribution in [0.3, 0.4) is 0 Å². The first-order valence-corrected chi connectivity index (χ1v) is 9.31. The van der Waals surface area contributed by atoms with E-state index in [1.165, 1.54) is 0 Å². The number of nitrogens with one attached hydrogen (secondary N) is 1. The van der Waals surface area contributed by atoms with Gasteiger partial charge in [-0.05, 0) is 38.1 Å². The van der Waals surface area contributed by atoms with Crippen molar-refractivity contribution in [2.45, 2.75) is 26.5 Å². The number of nitrogens with zero attached hydrogens (tertiary/aromatic N) is 2. The van der Waals surface area contributed by atoms with Gasteiger partial charge in [0.2, 0.25) is 0 Å². The molecule has 0 aliphatic rings. The highest BCUT2D eigenvalue weighted by molar-refractivity contribution is 14.0. The van der Waals surface area contributed by atoms with E-state index in [0.717, 1.165) is 27.7 Å². The molecule has 3 aromatic rings. The first-order valence-electron chi connectivity index (χ1n) is 8.43.